The van der Waals surface area contributed by atoms with Crippen molar-refractivity contribution in [1.29, 1.82) is 5.26 Å². The first kappa shape index (κ1) is 30.6. The second-order valence-electron chi connectivity index (χ2n) is 14.3. The molecule has 0 bridgehead atoms. The van der Waals surface area contributed by atoms with Crippen LogP contribution in [0.25, 0.3) is 66.1 Å². The normalized spacial score (nSPS) is 12.8. The number of nitrogen functional groups attached to an aromatic ring is 1. The molecular formula is C49H36N2. The summed E-state index contributed by atoms with van der Waals surface area (Å²) in [7, 11) is 0. The van der Waals surface area contributed by atoms with E-state index < -0.39 is 0 Å². The lowest BCUT2D eigenvalue weighted by molar-refractivity contribution is 0.660. The van der Waals surface area contributed by atoms with Crippen molar-refractivity contribution < 1.29 is 0 Å². The maximum Gasteiger partial charge on any atom is 0.0991 e. The summed E-state index contributed by atoms with van der Waals surface area (Å²) >= 11 is 0. The van der Waals surface area contributed by atoms with E-state index in [1.54, 1.807) is 0 Å². The molecule has 2 heteroatoms. The van der Waals surface area contributed by atoms with Crippen molar-refractivity contribution in [1.82, 2.24) is 0 Å². The highest BCUT2D eigenvalue weighted by Crippen LogP contribution is 2.50. The first-order valence-corrected chi connectivity index (χ1v) is 17.6. The molecule has 1 aliphatic rings. The lowest BCUT2D eigenvalue weighted by Gasteiger charge is -2.22. The van der Waals surface area contributed by atoms with Gasteiger partial charge in [0.05, 0.1) is 11.6 Å². The van der Waals surface area contributed by atoms with Crippen molar-refractivity contribution in [2.24, 2.45) is 0 Å². The molecule has 0 fully saturated rings. The summed E-state index contributed by atoms with van der Waals surface area (Å²) in [5.74, 6) is 0. The van der Waals surface area contributed by atoms with Gasteiger partial charge in [-0.15, -0.1) is 0 Å². The van der Waals surface area contributed by atoms with Crippen LogP contribution in [0.3, 0.4) is 0 Å². The Morgan fingerprint density at radius 2 is 1.14 bits per heavy atom. The SMILES string of the molecule is CC1(C)c2cc(C#N)ccc2-c2ccc(-c3ccc(-c4cc(Cc5ccccc5)c(-c5cc6ccccc6cc5N)c5ccccc45)cc3)cc21. The number of hydrogen-bond donors (Lipinski definition) is 1. The molecule has 0 aliphatic heterocycles. The van der Waals surface area contributed by atoms with Crippen LogP contribution in [0.5, 0.6) is 0 Å². The molecule has 0 spiro atoms. The van der Waals surface area contributed by atoms with Crippen molar-refractivity contribution >= 4 is 27.2 Å². The molecule has 0 aromatic heterocycles. The van der Waals surface area contributed by atoms with Gasteiger partial charge < -0.3 is 5.73 Å². The topological polar surface area (TPSA) is 49.8 Å². The molecule has 2 nitrogen and oxygen atoms in total. The molecule has 242 valence electrons. The summed E-state index contributed by atoms with van der Waals surface area (Å²) in [6.45, 7) is 4.53. The molecule has 0 saturated carbocycles. The third kappa shape index (κ3) is 5.09. The van der Waals surface area contributed by atoms with Crippen molar-refractivity contribution in [2.75, 3.05) is 5.73 Å². The molecule has 2 N–H and O–H groups in total. The maximum absolute atomic E-state index is 9.55. The van der Waals surface area contributed by atoms with Gasteiger partial charge in [0.1, 0.15) is 0 Å². The number of nitrogens with zero attached hydrogens (tertiary/aromatic N) is 1. The fraction of sp³-hybridized carbons (Fsp3) is 0.0816. The molecule has 0 atom stereocenters. The van der Waals surface area contributed by atoms with E-state index in [2.05, 4.69) is 172 Å². The number of rotatable bonds is 5. The van der Waals surface area contributed by atoms with Gasteiger partial charge in [-0.25, -0.2) is 0 Å². The molecule has 0 radical (unpaired) electrons. The molecule has 0 heterocycles. The number of hydrogen-bond acceptors (Lipinski definition) is 2. The van der Waals surface area contributed by atoms with Crippen molar-refractivity contribution in [2.45, 2.75) is 25.7 Å². The van der Waals surface area contributed by atoms with Crippen molar-refractivity contribution in [3.63, 3.8) is 0 Å². The van der Waals surface area contributed by atoms with Gasteiger partial charge in [0.25, 0.3) is 0 Å². The van der Waals surface area contributed by atoms with Gasteiger partial charge in [-0.3, -0.25) is 0 Å². The average molecular weight is 653 g/mol. The summed E-state index contributed by atoms with van der Waals surface area (Å²) in [5, 5.41) is 14.3. The van der Waals surface area contributed by atoms with Crippen LogP contribution in [0.1, 0.15) is 41.7 Å². The highest BCUT2D eigenvalue weighted by molar-refractivity contribution is 6.09. The quantitative estimate of drug-likeness (QED) is 0.188. The summed E-state index contributed by atoms with van der Waals surface area (Å²) in [6, 6.07) is 58.9. The number of nitriles is 1. The van der Waals surface area contributed by atoms with Crippen LogP contribution in [0, 0.1) is 11.3 Å². The van der Waals surface area contributed by atoms with Crippen LogP contribution in [0.2, 0.25) is 0 Å². The van der Waals surface area contributed by atoms with E-state index in [1.165, 1.54) is 77.4 Å². The second-order valence-corrected chi connectivity index (χ2v) is 14.3. The van der Waals surface area contributed by atoms with E-state index in [9.17, 15) is 5.26 Å². The number of fused-ring (bicyclic) bond motifs is 5. The lowest BCUT2D eigenvalue weighted by Crippen LogP contribution is -2.15. The molecule has 8 aromatic carbocycles. The Bertz CT molecular complexity index is 2690. The van der Waals surface area contributed by atoms with E-state index in [4.69, 9.17) is 5.73 Å². The zero-order chi connectivity index (χ0) is 34.7. The Morgan fingerprint density at radius 3 is 1.88 bits per heavy atom. The molecular weight excluding hydrogens is 617 g/mol. The smallest absolute Gasteiger partial charge is 0.0991 e. The fourth-order valence-electron chi connectivity index (χ4n) is 8.25. The largest absolute Gasteiger partial charge is 0.398 e. The Hall–Kier alpha value is -6.43. The first-order chi connectivity index (χ1) is 24.9. The summed E-state index contributed by atoms with van der Waals surface area (Å²) in [5.41, 5.74) is 22.7. The van der Waals surface area contributed by atoms with Gasteiger partial charge in [-0.1, -0.05) is 135 Å². The Labute approximate surface area is 299 Å². The third-order valence-corrected chi connectivity index (χ3v) is 10.9. The Morgan fingerprint density at radius 1 is 0.529 bits per heavy atom. The fourth-order valence-corrected chi connectivity index (χ4v) is 8.25. The summed E-state index contributed by atoms with van der Waals surface area (Å²) in [6.07, 6.45) is 0.793. The minimum Gasteiger partial charge on any atom is -0.398 e. The van der Waals surface area contributed by atoms with Crippen LogP contribution in [-0.2, 0) is 11.8 Å². The highest BCUT2D eigenvalue weighted by atomic mass is 14.6. The van der Waals surface area contributed by atoms with Crippen molar-refractivity contribution in [3.05, 3.63) is 186 Å². The van der Waals surface area contributed by atoms with E-state index >= 15 is 0 Å². The molecule has 8 aromatic rings. The Balaban J connectivity index is 1.17. The molecule has 0 amide bonds. The third-order valence-electron chi connectivity index (χ3n) is 10.9. The molecule has 0 saturated heterocycles. The molecule has 51 heavy (non-hydrogen) atoms. The van der Waals surface area contributed by atoms with Crippen LogP contribution in [0.4, 0.5) is 5.69 Å². The summed E-state index contributed by atoms with van der Waals surface area (Å²) in [4.78, 5) is 0. The highest BCUT2D eigenvalue weighted by Gasteiger charge is 2.35. The molecule has 0 unspecified atom stereocenters. The van der Waals surface area contributed by atoms with Gasteiger partial charge in [0.15, 0.2) is 0 Å². The van der Waals surface area contributed by atoms with Gasteiger partial charge in [0.2, 0.25) is 0 Å². The second kappa shape index (κ2) is 11.9. The van der Waals surface area contributed by atoms with Crippen LogP contribution in [0.15, 0.2) is 158 Å². The Kier molecular flexibility index (Phi) is 7.12. The van der Waals surface area contributed by atoms with E-state index in [0.717, 1.165) is 23.1 Å². The van der Waals surface area contributed by atoms with Gasteiger partial charge in [-0.2, -0.15) is 5.26 Å². The maximum atomic E-state index is 9.55. The van der Waals surface area contributed by atoms with Crippen LogP contribution < -0.4 is 5.73 Å². The zero-order valence-electron chi connectivity index (χ0n) is 28.7. The first-order valence-electron chi connectivity index (χ1n) is 17.6. The van der Waals surface area contributed by atoms with E-state index in [0.29, 0.717) is 5.56 Å². The number of benzene rings is 8. The molecule has 1 aliphatic carbocycles. The predicted octanol–water partition coefficient (Wildman–Crippen LogP) is 12.3. The number of anilines is 1. The monoisotopic (exact) mass is 652 g/mol. The number of nitrogens with two attached hydrogens (primary N) is 1. The summed E-state index contributed by atoms with van der Waals surface area (Å²) < 4.78 is 0. The predicted molar refractivity (Wildman–Crippen MR) is 214 cm³/mol. The average Bonchev–Trinajstić information content (AvgIpc) is 3.39. The van der Waals surface area contributed by atoms with Crippen LogP contribution >= 0.6 is 0 Å². The van der Waals surface area contributed by atoms with E-state index in [-0.39, 0.29) is 5.41 Å². The van der Waals surface area contributed by atoms with Gasteiger partial charge in [-0.05, 0) is 126 Å². The van der Waals surface area contributed by atoms with Gasteiger partial charge in [0, 0.05) is 16.7 Å². The molecule has 9 rings (SSSR count). The zero-order valence-corrected chi connectivity index (χ0v) is 28.7. The minimum atomic E-state index is -0.183. The van der Waals surface area contributed by atoms with E-state index in [1.807, 2.05) is 6.07 Å². The van der Waals surface area contributed by atoms with Crippen molar-refractivity contribution in [3.8, 4) is 50.6 Å². The minimum absolute atomic E-state index is 0.183. The van der Waals surface area contributed by atoms with Crippen LogP contribution in [-0.4, -0.2) is 0 Å². The lowest BCUT2D eigenvalue weighted by atomic mass is 9.81. The van der Waals surface area contributed by atoms with Gasteiger partial charge >= 0.3 is 0 Å². The standard InChI is InChI=1S/C49H36N2/c1-49(2)45-25-32(30-50)16-22-40(45)41-23-21-37(28-46(41)49)33-17-19-34(20-18-33)43-27-38(24-31-10-4-3-5-11-31)48(42-15-9-8-14-39(42)43)44-26-35-12-6-7-13-36(35)29-47(44)51/h3-23,25-29H,24,51H2,1-2H3.